The lowest BCUT2D eigenvalue weighted by atomic mass is 9.84. The van der Waals surface area contributed by atoms with E-state index in [4.69, 9.17) is 0 Å². The summed E-state index contributed by atoms with van der Waals surface area (Å²) in [5, 5.41) is 4.85. The number of nitrogens with zero attached hydrogens (tertiary/aromatic N) is 1. The zero-order valence-electron chi connectivity index (χ0n) is 11.8. The van der Waals surface area contributed by atoms with Gasteiger partial charge >= 0.3 is 0 Å². The third kappa shape index (κ3) is 3.14. The van der Waals surface area contributed by atoms with E-state index >= 15 is 0 Å². The topological polar surface area (TPSA) is 66.5 Å². The average molecular weight is 328 g/mol. The number of thiophene rings is 1. The van der Waals surface area contributed by atoms with Crippen LogP contribution in [0, 0.1) is 5.92 Å². The second-order valence-corrected chi connectivity index (χ2v) is 8.86. The van der Waals surface area contributed by atoms with Crippen LogP contribution in [0.5, 0.6) is 0 Å². The van der Waals surface area contributed by atoms with Gasteiger partial charge in [-0.15, -0.1) is 11.3 Å². The molecule has 1 aromatic heterocycles. The summed E-state index contributed by atoms with van der Waals surface area (Å²) >= 11 is 1.25. The van der Waals surface area contributed by atoms with Crippen molar-refractivity contribution in [2.75, 3.05) is 13.1 Å². The Kier molecular flexibility index (Phi) is 4.33. The number of hydrogen-bond donors (Lipinski definition) is 1. The van der Waals surface area contributed by atoms with Crippen molar-refractivity contribution in [3.05, 3.63) is 17.5 Å². The number of hydrogen-bond acceptors (Lipinski definition) is 4. The smallest absolute Gasteiger partial charge is 0.252 e. The minimum Gasteiger partial charge on any atom is -0.353 e. The highest BCUT2D eigenvalue weighted by atomic mass is 32.2. The number of piperidine rings is 1. The molecule has 1 aliphatic carbocycles. The van der Waals surface area contributed by atoms with Crippen LogP contribution in [-0.4, -0.2) is 37.8 Å². The maximum absolute atomic E-state index is 12.4. The van der Waals surface area contributed by atoms with E-state index in [1.54, 1.807) is 17.5 Å². The van der Waals surface area contributed by atoms with Gasteiger partial charge in [0.05, 0.1) is 0 Å². The molecule has 2 fully saturated rings. The fourth-order valence-electron chi connectivity index (χ4n) is 2.77. The first kappa shape index (κ1) is 15.0. The highest BCUT2D eigenvalue weighted by Crippen LogP contribution is 2.27. The van der Waals surface area contributed by atoms with E-state index in [-0.39, 0.29) is 17.9 Å². The molecule has 0 spiro atoms. The normalized spacial score (nSPS) is 21.9. The lowest BCUT2D eigenvalue weighted by molar-refractivity contribution is -0.128. The molecule has 0 atom stereocenters. The van der Waals surface area contributed by atoms with Crippen LogP contribution >= 0.6 is 11.3 Å². The molecular formula is C14H20N2O3S2. The molecule has 3 rings (SSSR count). The van der Waals surface area contributed by atoms with Gasteiger partial charge in [0.15, 0.2) is 0 Å². The predicted molar refractivity (Wildman–Crippen MR) is 81.6 cm³/mol. The third-order valence-corrected chi connectivity index (χ3v) is 7.64. The van der Waals surface area contributed by atoms with Crippen LogP contribution in [0.2, 0.25) is 0 Å². The Morgan fingerprint density at radius 3 is 2.48 bits per heavy atom. The van der Waals surface area contributed by atoms with Crippen LogP contribution in [0.15, 0.2) is 21.7 Å². The van der Waals surface area contributed by atoms with Crippen molar-refractivity contribution in [1.82, 2.24) is 9.62 Å². The summed E-state index contributed by atoms with van der Waals surface area (Å²) in [6, 6.07) is 3.51. The van der Waals surface area contributed by atoms with Crippen molar-refractivity contribution in [3.8, 4) is 0 Å². The Morgan fingerprint density at radius 1 is 1.24 bits per heavy atom. The maximum Gasteiger partial charge on any atom is 0.252 e. The minimum absolute atomic E-state index is 0.118. The molecule has 7 heteroatoms. The number of sulfonamides is 1. The summed E-state index contributed by atoms with van der Waals surface area (Å²) in [4.78, 5) is 11.9. The molecule has 2 heterocycles. The molecule has 1 saturated carbocycles. The Bertz CT molecular complexity index is 586. The van der Waals surface area contributed by atoms with Crippen LogP contribution in [0.3, 0.4) is 0 Å². The van der Waals surface area contributed by atoms with E-state index in [0.29, 0.717) is 30.1 Å². The first-order valence-electron chi connectivity index (χ1n) is 7.41. The number of nitrogens with one attached hydrogen (secondary N) is 1. The zero-order valence-corrected chi connectivity index (χ0v) is 13.5. The Hall–Kier alpha value is -0.920. The summed E-state index contributed by atoms with van der Waals surface area (Å²) < 4.78 is 26.7. The highest BCUT2D eigenvalue weighted by Gasteiger charge is 2.32. The minimum atomic E-state index is -3.34. The Balaban J connectivity index is 1.54. The second-order valence-electron chi connectivity index (χ2n) is 5.75. The van der Waals surface area contributed by atoms with Gasteiger partial charge in [-0.25, -0.2) is 8.42 Å². The summed E-state index contributed by atoms with van der Waals surface area (Å²) in [6.45, 7) is 0.964. The van der Waals surface area contributed by atoms with Crippen molar-refractivity contribution in [3.63, 3.8) is 0 Å². The number of carbonyl (C=O) groups is 1. The standard InChI is InChI=1S/C14H20N2O3S2/c17-14(11-3-1-4-11)15-12-6-8-16(9-7-12)21(18,19)13-5-2-10-20-13/h2,5,10-12H,1,3-4,6-9H2,(H,15,17). The van der Waals surface area contributed by atoms with Gasteiger partial charge in [-0.3, -0.25) is 4.79 Å². The summed E-state index contributed by atoms with van der Waals surface area (Å²) in [5.41, 5.74) is 0. The Labute approximate surface area is 129 Å². The number of amides is 1. The molecule has 0 bridgehead atoms. The van der Waals surface area contributed by atoms with Gasteiger partial charge in [0.2, 0.25) is 5.91 Å². The van der Waals surface area contributed by atoms with Crippen molar-refractivity contribution in [1.29, 1.82) is 0 Å². The van der Waals surface area contributed by atoms with Crippen LogP contribution < -0.4 is 5.32 Å². The summed E-state index contributed by atoms with van der Waals surface area (Å²) in [6.07, 6.45) is 4.54. The van der Waals surface area contributed by atoms with Gasteiger partial charge < -0.3 is 5.32 Å². The first-order valence-corrected chi connectivity index (χ1v) is 9.73. The molecule has 2 aliphatic rings. The maximum atomic E-state index is 12.4. The molecule has 0 radical (unpaired) electrons. The molecule has 1 N–H and O–H groups in total. The van der Waals surface area contributed by atoms with E-state index in [9.17, 15) is 13.2 Å². The molecule has 1 aliphatic heterocycles. The van der Waals surface area contributed by atoms with Crippen molar-refractivity contribution in [2.24, 2.45) is 5.92 Å². The number of rotatable bonds is 4. The highest BCUT2D eigenvalue weighted by molar-refractivity contribution is 7.91. The van der Waals surface area contributed by atoms with E-state index in [1.807, 2.05) is 0 Å². The molecule has 1 amide bonds. The zero-order chi connectivity index (χ0) is 14.9. The van der Waals surface area contributed by atoms with Gasteiger partial charge in [-0.2, -0.15) is 4.31 Å². The van der Waals surface area contributed by atoms with E-state index in [1.165, 1.54) is 15.6 Å². The number of carbonyl (C=O) groups excluding carboxylic acids is 1. The van der Waals surface area contributed by atoms with Gasteiger partial charge in [0.25, 0.3) is 10.0 Å². The SMILES string of the molecule is O=C(NC1CCN(S(=O)(=O)c2cccs2)CC1)C1CCC1. The lowest BCUT2D eigenvalue weighted by Crippen LogP contribution is -2.48. The van der Waals surface area contributed by atoms with Gasteiger partial charge in [0, 0.05) is 25.0 Å². The molecular weight excluding hydrogens is 308 g/mol. The molecule has 5 nitrogen and oxygen atoms in total. The van der Waals surface area contributed by atoms with Crippen molar-refractivity contribution < 1.29 is 13.2 Å². The van der Waals surface area contributed by atoms with Crippen LogP contribution in [0.4, 0.5) is 0 Å². The van der Waals surface area contributed by atoms with Gasteiger partial charge in [-0.05, 0) is 37.1 Å². The van der Waals surface area contributed by atoms with E-state index < -0.39 is 10.0 Å². The van der Waals surface area contributed by atoms with Gasteiger partial charge in [0.1, 0.15) is 4.21 Å². The fourth-order valence-corrected chi connectivity index (χ4v) is 5.38. The van der Waals surface area contributed by atoms with Crippen molar-refractivity contribution >= 4 is 27.3 Å². The molecule has 0 unspecified atom stereocenters. The largest absolute Gasteiger partial charge is 0.353 e. The second kappa shape index (κ2) is 6.06. The monoisotopic (exact) mass is 328 g/mol. The van der Waals surface area contributed by atoms with Gasteiger partial charge in [-0.1, -0.05) is 12.5 Å². The molecule has 116 valence electrons. The average Bonchev–Trinajstić information content (AvgIpc) is 2.91. The third-order valence-electron chi connectivity index (χ3n) is 4.37. The molecule has 1 saturated heterocycles. The first-order chi connectivity index (χ1) is 10.1. The van der Waals surface area contributed by atoms with Crippen LogP contribution in [0.1, 0.15) is 32.1 Å². The lowest BCUT2D eigenvalue weighted by Gasteiger charge is -2.33. The molecule has 21 heavy (non-hydrogen) atoms. The van der Waals surface area contributed by atoms with Crippen molar-refractivity contribution in [2.45, 2.75) is 42.4 Å². The molecule has 1 aromatic rings. The van der Waals surface area contributed by atoms with E-state index in [2.05, 4.69) is 5.32 Å². The quantitative estimate of drug-likeness (QED) is 0.917. The fraction of sp³-hybridized carbons (Fsp3) is 0.643. The van der Waals surface area contributed by atoms with E-state index in [0.717, 1.165) is 19.3 Å². The van der Waals surface area contributed by atoms with Crippen LogP contribution in [-0.2, 0) is 14.8 Å². The molecule has 0 aromatic carbocycles. The van der Waals surface area contributed by atoms with Crippen LogP contribution in [0.25, 0.3) is 0 Å². The predicted octanol–water partition coefficient (Wildman–Crippen LogP) is 1.82. The summed E-state index contributed by atoms with van der Waals surface area (Å²) in [5.74, 6) is 0.346. The summed E-state index contributed by atoms with van der Waals surface area (Å²) in [7, 11) is -3.34. The Morgan fingerprint density at radius 2 is 1.95 bits per heavy atom.